The zero-order chi connectivity index (χ0) is 20.6. The predicted molar refractivity (Wildman–Crippen MR) is 98.7 cm³/mol. The number of ether oxygens (including phenoxy) is 1. The van der Waals surface area contributed by atoms with E-state index in [1.165, 1.54) is 4.68 Å². The number of nitrogens with zero attached hydrogens (tertiary/aromatic N) is 3. The summed E-state index contributed by atoms with van der Waals surface area (Å²) in [6.45, 7) is 0.377. The van der Waals surface area contributed by atoms with Gasteiger partial charge in [-0.2, -0.15) is 30.0 Å². The van der Waals surface area contributed by atoms with Crippen molar-refractivity contribution in [1.29, 1.82) is 0 Å². The van der Waals surface area contributed by atoms with Gasteiger partial charge in [0.05, 0.1) is 30.5 Å². The van der Waals surface area contributed by atoms with E-state index < -0.39 is 29.9 Å². The number of alkyl halides is 3. The van der Waals surface area contributed by atoms with Crippen LogP contribution in [0.1, 0.15) is 33.4 Å². The van der Waals surface area contributed by atoms with Gasteiger partial charge in [0.25, 0.3) is 11.5 Å². The van der Waals surface area contributed by atoms with Gasteiger partial charge in [0.1, 0.15) is 11.7 Å². The van der Waals surface area contributed by atoms with E-state index in [1.54, 1.807) is 17.8 Å². The third-order valence-electron chi connectivity index (χ3n) is 4.86. The van der Waals surface area contributed by atoms with Gasteiger partial charge in [0.15, 0.2) is 0 Å². The summed E-state index contributed by atoms with van der Waals surface area (Å²) < 4.78 is 44.7. The molecule has 2 aromatic rings. The Bertz CT molecular complexity index is 978. The van der Waals surface area contributed by atoms with Crippen LogP contribution in [0, 0.1) is 0 Å². The maximum Gasteiger partial charge on any atom is 0.433 e. The largest absolute Gasteiger partial charge is 0.433 e. The third-order valence-corrected chi connectivity index (χ3v) is 5.87. The van der Waals surface area contributed by atoms with Crippen LogP contribution in [0.3, 0.4) is 0 Å². The van der Waals surface area contributed by atoms with Crippen molar-refractivity contribution in [1.82, 2.24) is 20.1 Å². The van der Waals surface area contributed by atoms with Crippen LogP contribution in [-0.2, 0) is 23.1 Å². The van der Waals surface area contributed by atoms with Gasteiger partial charge in [-0.3, -0.25) is 14.6 Å². The zero-order valence-electron chi connectivity index (χ0n) is 15.1. The van der Waals surface area contributed by atoms with Crippen molar-refractivity contribution >= 4 is 17.7 Å². The third kappa shape index (κ3) is 4.15. The first-order valence-corrected chi connectivity index (χ1v) is 10.1. The number of carbonyl (C=O) groups excluding carboxylic acids is 1. The molecule has 154 valence electrons. The summed E-state index contributed by atoms with van der Waals surface area (Å²) in [7, 11) is 0. The lowest BCUT2D eigenvalue weighted by atomic mass is 10.1. The number of nitrogens with one attached hydrogen (secondary N) is 1. The minimum absolute atomic E-state index is 0.00794. The van der Waals surface area contributed by atoms with Gasteiger partial charge < -0.3 is 10.1 Å². The van der Waals surface area contributed by atoms with Gasteiger partial charge in [0, 0.05) is 24.4 Å². The molecule has 11 heteroatoms. The first-order chi connectivity index (χ1) is 13.8. The highest BCUT2D eigenvalue weighted by molar-refractivity contribution is 7.98. The number of thioether (sulfide) groups is 1. The standard InChI is InChI=1S/C18H17F3N4O3S/c19-18(20,21)15-2-1-10(6-22-15)17(27)23-13-7-28-8-14(13)25-16(26)5-11-9-29-4-3-12(11)24-25/h1-2,5-6,13-14H,3-4,7-9H2,(H,23,27). The Morgan fingerprint density at radius 2 is 2.14 bits per heavy atom. The summed E-state index contributed by atoms with van der Waals surface area (Å²) >= 11 is 1.75. The van der Waals surface area contributed by atoms with Gasteiger partial charge in [-0.1, -0.05) is 0 Å². The average molecular weight is 426 g/mol. The van der Waals surface area contributed by atoms with E-state index in [0.29, 0.717) is 0 Å². The Balaban J connectivity index is 1.52. The lowest BCUT2D eigenvalue weighted by molar-refractivity contribution is -0.141. The Labute approximate surface area is 167 Å². The molecule has 0 spiro atoms. The molecule has 0 aromatic carbocycles. The summed E-state index contributed by atoms with van der Waals surface area (Å²) in [6.07, 6.45) is -2.93. The van der Waals surface area contributed by atoms with Crippen molar-refractivity contribution in [3.63, 3.8) is 0 Å². The molecule has 7 nitrogen and oxygen atoms in total. The quantitative estimate of drug-likeness (QED) is 0.806. The summed E-state index contributed by atoms with van der Waals surface area (Å²) in [6, 6.07) is 2.37. The Kier molecular flexibility index (Phi) is 5.34. The van der Waals surface area contributed by atoms with E-state index in [1.807, 2.05) is 0 Å². The van der Waals surface area contributed by atoms with E-state index in [9.17, 15) is 22.8 Å². The van der Waals surface area contributed by atoms with Crippen LogP contribution < -0.4 is 10.9 Å². The molecule has 0 bridgehead atoms. The SMILES string of the molecule is O=C(NC1COCC1n1nc2c(cc1=O)CSCC2)c1ccc(C(F)(F)F)nc1. The number of carbonyl (C=O) groups is 1. The monoisotopic (exact) mass is 426 g/mol. The van der Waals surface area contributed by atoms with E-state index in [-0.39, 0.29) is 24.3 Å². The minimum Gasteiger partial charge on any atom is -0.377 e. The van der Waals surface area contributed by atoms with Crippen molar-refractivity contribution in [3.05, 3.63) is 57.3 Å². The van der Waals surface area contributed by atoms with Gasteiger partial charge in [-0.15, -0.1) is 0 Å². The second-order valence-corrected chi connectivity index (χ2v) is 7.92. The average Bonchev–Trinajstić information content (AvgIpc) is 3.14. The fraction of sp³-hybridized carbons (Fsp3) is 0.444. The molecule has 2 aliphatic rings. The smallest absolute Gasteiger partial charge is 0.377 e. The highest BCUT2D eigenvalue weighted by Gasteiger charge is 2.35. The van der Waals surface area contributed by atoms with Crippen molar-refractivity contribution in [3.8, 4) is 0 Å². The summed E-state index contributed by atoms with van der Waals surface area (Å²) in [5, 5.41) is 7.21. The molecule has 0 aliphatic carbocycles. The second kappa shape index (κ2) is 7.79. The molecule has 2 unspecified atom stereocenters. The number of hydrogen-bond acceptors (Lipinski definition) is 6. The number of amides is 1. The lowest BCUT2D eigenvalue weighted by Crippen LogP contribution is -2.44. The van der Waals surface area contributed by atoms with Crippen molar-refractivity contribution in [2.75, 3.05) is 19.0 Å². The highest BCUT2D eigenvalue weighted by atomic mass is 32.2. The summed E-state index contributed by atoms with van der Waals surface area (Å²) in [4.78, 5) is 28.3. The van der Waals surface area contributed by atoms with Crippen LogP contribution in [-0.4, -0.2) is 45.7 Å². The fourth-order valence-corrected chi connectivity index (χ4v) is 4.29. The van der Waals surface area contributed by atoms with Crippen LogP contribution in [0.4, 0.5) is 13.2 Å². The molecule has 0 saturated carbocycles. The molecule has 0 radical (unpaired) electrons. The van der Waals surface area contributed by atoms with Crippen LogP contribution in [0.15, 0.2) is 29.2 Å². The first-order valence-electron chi connectivity index (χ1n) is 8.94. The number of halogens is 3. The van der Waals surface area contributed by atoms with E-state index in [2.05, 4.69) is 15.4 Å². The van der Waals surface area contributed by atoms with Crippen LogP contribution in [0.25, 0.3) is 0 Å². The highest BCUT2D eigenvalue weighted by Crippen LogP contribution is 2.27. The molecular weight excluding hydrogens is 409 g/mol. The molecule has 2 aromatic heterocycles. The lowest BCUT2D eigenvalue weighted by Gasteiger charge is -2.22. The van der Waals surface area contributed by atoms with E-state index in [0.717, 1.165) is 47.5 Å². The molecule has 29 heavy (non-hydrogen) atoms. The Morgan fingerprint density at radius 1 is 1.31 bits per heavy atom. The molecule has 2 atom stereocenters. The predicted octanol–water partition coefficient (Wildman–Crippen LogP) is 1.82. The van der Waals surface area contributed by atoms with Crippen molar-refractivity contribution < 1.29 is 22.7 Å². The molecule has 1 fully saturated rings. The van der Waals surface area contributed by atoms with Crippen LogP contribution in [0.5, 0.6) is 0 Å². The number of pyridine rings is 1. The molecule has 4 heterocycles. The van der Waals surface area contributed by atoms with E-state index >= 15 is 0 Å². The Morgan fingerprint density at radius 3 is 2.86 bits per heavy atom. The number of aryl methyl sites for hydroxylation is 1. The van der Waals surface area contributed by atoms with Crippen LogP contribution >= 0.6 is 11.8 Å². The second-order valence-electron chi connectivity index (χ2n) is 6.82. The molecule has 1 saturated heterocycles. The Hall–Kier alpha value is -2.40. The molecule has 4 rings (SSSR count). The van der Waals surface area contributed by atoms with Crippen molar-refractivity contribution in [2.24, 2.45) is 0 Å². The molecule has 1 N–H and O–H groups in total. The van der Waals surface area contributed by atoms with Gasteiger partial charge in [-0.25, -0.2) is 4.68 Å². The first kappa shape index (κ1) is 19.9. The number of aromatic nitrogens is 3. The maximum absolute atomic E-state index is 12.6. The number of fused-ring (bicyclic) bond motifs is 1. The topological polar surface area (TPSA) is 86.1 Å². The minimum atomic E-state index is -4.57. The summed E-state index contributed by atoms with van der Waals surface area (Å²) in [5.41, 5.74) is 0.452. The van der Waals surface area contributed by atoms with Crippen molar-refractivity contribution in [2.45, 2.75) is 30.4 Å². The molecule has 1 amide bonds. The zero-order valence-corrected chi connectivity index (χ0v) is 15.9. The summed E-state index contributed by atoms with van der Waals surface area (Å²) in [5.74, 6) is 1.09. The van der Waals surface area contributed by atoms with Gasteiger partial charge in [0.2, 0.25) is 0 Å². The number of rotatable bonds is 3. The normalized spacial score (nSPS) is 21.6. The fourth-order valence-electron chi connectivity index (χ4n) is 3.34. The maximum atomic E-state index is 12.6. The molecular formula is C18H17F3N4O3S. The van der Waals surface area contributed by atoms with Gasteiger partial charge >= 0.3 is 6.18 Å². The van der Waals surface area contributed by atoms with E-state index in [4.69, 9.17) is 4.74 Å². The molecule has 2 aliphatic heterocycles. The van der Waals surface area contributed by atoms with Gasteiger partial charge in [-0.05, 0) is 23.4 Å². The number of hydrogen-bond donors (Lipinski definition) is 1. The van der Waals surface area contributed by atoms with Crippen LogP contribution in [0.2, 0.25) is 0 Å².